The molecule has 1 aromatic carbocycles. The molecule has 2 atom stereocenters. The van der Waals surface area contributed by atoms with Gasteiger partial charge in [0.05, 0.1) is 16.7 Å². The molecule has 2 aliphatic rings. The largest absolute Gasteiger partial charge is 0.353 e. The van der Waals surface area contributed by atoms with Crippen molar-refractivity contribution < 1.29 is 9.47 Å². The Balaban J connectivity index is 1.70. The van der Waals surface area contributed by atoms with Crippen LogP contribution < -0.4 is 5.32 Å². The predicted molar refractivity (Wildman–Crippen MR) is 99.0 cm³/mol. The Hall–Kier alpha value is -0.320. The van der Waals surface area contributed by atoms with Gasteiger partial charge in [0, 0.05) is 18.6 Å². The molecular weight excluding hydrogens is 345 g/mol. The molecule has 2 unspecified atom stereocenters. The van der Waals surface area contributed by atoms with Crippen LogP contribution in [-0.4, -0.2) is 32.6 Å². The van der Waals surface area contributed by atoms with E-state index in [0.29, 0.717) is 16.7 Å². The van der Waals surface area contributed by atoms with Crippen molar-refractivity contribution in [1.82, 2.24) is 5.32 Å². The summed E-state index contributed by atoms with van der Waals surface area (Å²) in [6, 6.07) is 6.07. The molecule has 3 nitrogen and oxygen atoms in total. The Labute approximate surface area is 155 Å². The molecule has 134 valence electrons. The monoisotopic (exact) mass is 371 g/mol. The van der Waals surface area contributed by atoms with Crippen molar-refractivity contribution in [1.29, 1.82) is 0 Å². The summed E-state index contributed by atoms with van der Waals surface area (Å²) in [5, 5.41) is 4.84. The molecule has 0 amide bonds. The number of ether oxygens (including phenoxy) is 2. The lowest BCUT2D eigenvalue weighted by Gasteiger charge is -2.34. The Morgan fingerprint density at radius 1 is 1.17 bits per heavy atom. The summed E-state index contributed by atoms with van der Waals surface area (Å²) in [5.41, 5.74) is 1.32. The van der Waals surface area contributed by atoms with Crippen LogP contribution in [0.5, 0.6) is 0 Å². The summed E-state index contributed by atoms with van der Waals surface area (Å²) in [5.74, 6) is 0. The summed E-state index contributed by atoms with van der Waals surface area (Å²) < 4.78 is 11.7. The molecule has 5 heteroatoms. The lowest BCUT2D eigenvalue weighted by Crippen LogP contribution is -2.38. The van der Waals surface area contributed by atoms with E-state index < -0.39 is 0 Å². The van der Waals surface area contributed by atoms with Crippen LogP contribution in [0.25, 0.3) is 0 Å². The van der Waals surface area contributed by atoms with Gasteiger partial charge in [-0.2, -0.15) is 0 Å². The highest BCUT2D eigenvalue weighted by Gasteiger charge is 2.33. The van der Waals surface area contributed by atoms with Gasteiger partial charge in [0.25, 0.3) is 0 Å². The minimum atomic E-state index is -0.0247. The van der Waals surface area contributed by atoms with Crippen LogP contribution in [0.2, 0.25) is 10.0 Å². The molecule has 0 radical (unpaired) electrons. The second-order valence-corrected chi connectivity index (χ2v) is 7.77. The van der Waals surface area contributed by atoms with E-state index in [-0.39, 0.29) is 11.7 Å². The number of benzene rings is 1. The van der Waals surface area contributed by atoms with Gasteiger partial charge >= 0.3 is 0 Å². The molecule has 2 aliphatic heterocycles. The summed E-state index contributed by atoms with van der Waals surface area (Å²) in [6.07, 6.45) is 7.88. The minimum Gasteiger partial charge on any atom is -0.353 e. The van der Waals surface area contributed by atoms with Crippen LogP contribution in [0.1, 0.15) is 50.5 Å². The number of rotatable bonds is 5. The van der Waals surface area contributed by atoms with Gasteiger partial charge in [-0.25, -0.2) is 0 Å². The first-order chi connectivity index (χ1) is 11.7. The Morgan fingerprint density at radius 3 is 2.88 bits per heavy atom. The number of hydrogen-bond acceptors (Lipinski definition) is 3. The van der Waals surface area contributed by atoms with E-state index in [2.05, 4.69) is 11.4 Å². The van der Waals surface area contributed by atoms with E-state index in [1.165, 1.54) is 24.8 Å². The van der Waals surface area contributed by atoms with E-state index in [1.54, 1.807) is 0 Å². The molecule has 0 bridgehead atoms. The topological polar surface area (TPSA) is 30.5 Å². The summed E-state index contributed by atoms with van der Waals surface area (Å²) in [6.45, 7) is 3.58. The van der Waals surface area contributed by atoms with Crippen LogP contribution in [0.3, 0.4) is 0 Å². The van der Waals surface area contributed by atoms with Crippen LogP contribution >= 0.6 is 23.2 Å². The lowest BCUT2D eigenvalue weighted by atomic mass is 9.74. The van der Waals surface area contributed by atoms with E-state index in [0.717, 1.165) is 45.4 Å². The highest BCUT2D eigenvalue weighted by molar-refractivity contribution is 6.42. The standard InChI is InChI=1S/C19H27Cl2NO2/c20-16-7-6-15(13-17(16)21)19(8-2-3-10-22-14-19)9-12-24-18-5-1-4-11-23-18/h6-7,13,18,22H,1-5,8-12,14H2. The Bertz CT molecular complexity index is 524. The SMILES string of the molecule is Clc1ccc(C2(CCOC3CCCCO3)CCCCNC2)cc1Cl. The van der Waals surface area contributed by atoms with Crippen molar-refractivity contribution in [3.63, 3.8) is 0 Å². The van der Waals surface area contributed by atoms with E-state index in [4.69, 9.17) is 32.7 Å². The molecule has 2 fully saturated rings. The van der Waals surface area contributed by atoms with Gasteiger partial charge in [-0.15, -0.1) is 0 Å². The van der Waals surface area contributed by atoms with E-state index in [1.807, 2.05) is 12.1 Å². The van der Waals surface area contributed by atoms with Gasteiger partial charge in [-0.1, -0.05) is 35.7 Å². The highest BCUT2D eigenvalue weighted by Crippen LogP contribution is 2.37. The molecule has 1 aromatic rings. The molecule has 0 aromatic heterocycles. The van der Waals surface area contributed by atoms with E-state index >= 15 is 0 Å². The molecule has 2 heterocycles. The summed E-state index contributed by atoms with van der Waals surface area (Å²) in [4.78, 5) is 0. The third-order valence-corrected chi connectivity index (χ3v) is 6.02. The first-order valence-corrected chi connectivity index (χ1v) is 9.85. The zero-order chi connectivity index (χ0) is 16.8. The van der Waals surface area contributed by atoms with Crippen LogP contribution in [0.4, 0.5) is 0 Å². The predicted octanol–water partition coefficient (Wildman–Crippen LogP) is 4.94. The lowest BCUT2D eigenvalue weighted by molar-refractivity contribution is -0.164. The number of hydrogen-bond donors (Lipinski definition) is 1. The van der Waals surface area contributed by atoms with Gasteiger partial charge in [0.15, 0.2) is 6.29 Å². The first-order valence-electron chi connectivity index (χ1n) is 9.09. The fourth-order valence-electron chi connectivity index (χ4n) is 3.79. The quantitative estimate of drug-likeness (QED) is 0.794. The second kappa shape index (κ2) is 8.86. The van der Waals surface area contributed by atoms with Crippen LogP contribution in [0.15, 0.2) is 18.2 Å². The van der Waals surface area contributed by atoms with E-state index in [9.17, 15) is 0 Å². The van der Waals surface area contributed by atoms with Gasteiger partial charge in [-0.05, 0) is 62.8 Å². The van der Waals surface area contributed by atoms with Crippen LogP contribution in [0, 0.1) is 0 Å². The van der Waals surface area contributed by atoms with Crippen molar-refractivity contribution in [3.05, 3.63) is 33.8 Å². The van der Waals surface area contributed by atoms with Crippen molar-refractivity contribution in [2.24, 2.45) is 0 Å². The van der Waals surface area contributed by atoms with Crippen molar-refractivity contribution in [2.75, 3.05) is 26.3 Å². The summed E-state index contributed by atoms with van der Waals surface area (Å²) >= 11 is 12.4. The third-order valence-electron chi connectivity index (χ3n) is 5.28. The first kappa shape index (κ1) is 18.5. The molecular formula is C19H27Cl2NO2. The maximum atomic E-state index is 6.29. The maximum Gasteiger partial charge on any atom is 0.157 e. The van der Waals surface area contributed by atoms with Crippen molar-refractivity contribution in [2.45, 2.75) is 56.7 Å². The van der Waals surface area contributed by atoms with Gasteiger partial charge in [0.2, 0.25) is 0 Å². The maximum absolute atomic E-state index is 6.29. The highest BCUT2D eigenvalue weighted by atomic mass is 35.5. The summed E-state index contributed by atoms with van der Waals surface area (Å²) in [7, 11) is 0. The molecule has 24 heavy (non-hydrogen) atoms. The van der Waals surface area contributed by atoms with Gasteiger partial charge < -0.3 is 14.8 Å². The Kier molecular flexibility index (Phi) is 6.82. The minimum absolute atomic E-state index is 0.0247. The fourth-order valence-corrected chi connectivity index (χ4v) is 4.09. The molecule has 0 aliphatic carbocycles. The smallest absolute Gasteiger partial charge is 0.157 e. The molecule has 1 N–H and O–H groups in total. The molecule has 2 saturated heterocycles. The molecule has 0 spiro atoms. The van der Waals surface area contributed by atoms with Gasteiger partial charge in [-0.3, -0.25) is 0 Å². The fraction of sp³-hybridized carbons (Fsp3) is 0.684. The van der Waals surface area contributed by atoms with Crippen LogP contribution in [-0.2, 0) is 14.9 Å². The van der Waals surface area contributed by atoms with Gasteiger partial charge in [0.1, 0.15) is 0 Å². The average molecular weight is 372 g/mol. The Morgan fingerprint density at radius 2 is 2.08 bits per heavy atom. The third kappa shape index (κ3) is 4.64. The second-order valence-electron chi connectivity index (χ2n) is 6.96. The van der Waals surface area contributed by atoms with Crippen molar-refractivity contribution in [3.8, 4) is 0 Å². The normalized spacial score (nSPS) is 28.5. The number of nitrogens with one attached hydrogen (secondary N) is 1. The van der Waals surface area contributed by atoms with Crippen molar-refractivity contribution >= 4 is 23.2 Å². The zero-order valence-corrected chi connectivity index (χ0v) is 15.7. The molecule has 3 rings (SSSR count). The molecule has 0 saturated carbocycles. The average Bonchev–Trinajstić information content (AvgIpc) is 2.85. The number of halogens is 2. The zero-order valence-electron chi connectivity index (χ0n) is 14.2.